The smallest absolute Gasteiger partial charge is 0.307 e. The van der Waals surface area contributed by atoms with Crippen molar-refractivity contribution in [1.29, 1.82) is 0 Å². The van der Waals surface area contributed by atoms with Crippen molar-refractivity contribution in [1.82, 2.24) is 4.31 Å². The topological polar surface area (TPSA) is 118 Å². The number of sulfonamides is 1. The van der Waals surface area contributed by atoms with Crippen LogP contribution in [0.15, 0.2) is 23.1 Å². The van der Waals surface area contributed by atoms with Gasteiger partial charge in [0.05, 0.1) is 10.8 Å². The number of rotatable bonds is 4. The molecule has 1 atom stereocenters. The van der Waals surface area contributed by atoms with Crippen molar-refractivity contribution in [2.45, 2.75) is 18.2 Å². The van der Waals surface area contributed by atoms with Gasteiger partial charge in [-0.05, 0) is 31.0 Å². The average molecular weight is 312 g/mol. The maximum absolute atomic E-state index is 12.5. The van der Waals surface area contributed by atoms with Crippen LogP contribution in [0.1, 0.15) is 22.3 Å². The Balaban J connectivity index is 2.35. The first-order valence-corrected chi connectivity index (χ1v) is 7.81. The van der Waals surface area contributed by atoms with Gasteiger partial charge in [-0.1, -0.05) is 6.07 Å². The first kappa shape index (κ1) is 15.5. The van der Waals surface area contributed by atoms with Crippen molar-refractivity contribution in [2.24, 2.45) is 11.7 Å². The average Bonchev–Trinajstić information content (AvgIpc) is 2.89. The fourth-order valence-corrected chi connectivity index (χ4v) is 3.85. The largest absolute Gasteiger partial charge is 0.481 e. The number of hydrogen-bond acceptors (Lipinski definition) is 4. The molecule has 2 rings (SSSR count). The molecule has 8 heteroatoms. The minimum Gasteiger partial charge on any atom is -0.481 e. The lowest BCUT2D eigenvalue weighted by Gasteiger charge is -2.16. The molecule has 0 radical (unpaired) electrons. The summed E-state index contributed by atoms with van der Waals surface area (Å²) in [5, 5.41) is 8.94. The van der Waals surface area contributed by atoms with Gasteiger partial charge >= 0.3 is 5.97 Å². The predicted octanol–water partition coefficient (Wildman–Crippen LogP) is 0.189. The van der Waals surface area contributed by atoms with E-state index in [1.165, 1.54) is 18.2 Å². The van der Waals surface area contributed by atoms with Gasteiger partial charge in [0.1, 0.15) is 0 Å². The number of carboxylic acid groups (broad SMARTS) is 1. The monoisotopic (exact) mass is 312 g/mol. The Labute approximate surface area is 122 Å². The van der Waals surface area contributed by atoms with Crippen LogP contribution in [0.5, 0.6) is 0 Å². The molecule has 0 bridgehead atoms. The molecule has 1 fully saturated rings. The summed E-state index contributed by atoms with van der Waals surface area (Å²) in [5.74, 6) is -2.40. The number of aryl methyl sites for hydroxylation is 1. The van der Waals surface area contributed by atoms with Gasteiger partial charge in [-0.15, -0.1) is 0 Å². The van der Waals surface area contributed by atoms with Gasteiger partial charge in [0.15, 0.2) is 0 Å². The lowest BCUT2D eigenvalue weighted by atomic mass is 10.1. The standard InChI is InChI=1S/C13H16N2O5S/c1-8-2-3-10(6-11(8)12(14)16)21(19,20)15-5-4-9(7-15)13(17)18/h2-3,6,9H,4-5,7H2,1H3,(H2,14,16)(H,17,18)/t9-/m0/s1. The van der Waals surface area contributed by atoms with E-state index < -0.39 is 27.8 Å². The number of amides is 1. The first-order chi connectivity index (χ1) is 9.73. The third-order valence-corrected chi connectivity index (χ3v) is 5.47. The second-order valence-corrected chi connectivity index (χ2v) is 6.97. The van der Waals surface area contributed by atoms with E-state index in [2.05, 4.69) is 0 Å². The zero-order valence-electron chi connectivity index (χ0n) is 11.4. The fraction of sp³-hybridized carbons (Fsp3) is 0.385. The summed E-state index contributed by atoms with van der Waals surface area (Å²) in [7, 11) is -3.82. The number of carboxylic acids is 1. The lowest BCUT2D eigenvalue weighted by molar-refractivity contribution is -0.141. The van der Waals surface area contributed by atoms with E-state index in [0.717, 1.165) is 4.31 Å². The molecule has 0 spiro atoms. The molecule has 1 aliphatic rings. The third-order valence-electron chi connectivity index (χ3n) is 3.61. The number of benzene rings is 1. The Morgan fingerprint density at radius 3 is 2.57 bits per heavy atom. The quantitative estimate of drug-likeness (QED) is 0.822. The molecule has 0 saturated carbocycles. The number of aliphatic carboxylic acids is 1. The maximum Gasteiger partial charge on any atom is 0.307 e. The zero-order valence-corrected chi connectivity index (χ0v) is 12.3. The lowest BCUT2D eigenvalue weighted by Crippen LogP contribution is -2.30. The van der Waals surface area contributed by atoms with E-state index in [0.29, 0.717) is 5.56 Å². The molecule has 1 aromatic carbocycles. The van der Waals surface area contributed by atoms with Gasteiger partial charge in [0.2, 0.25) is 15.9 Å². The highest BCUT2D eigenvalue weighted by Gasteiger charge is 2.36. The Bertz CT molecular complexity index is 699. The van der Waals surface area contributed by atoms with Gasteiger partial charge in [0.25, 0.3) is 0 Å². The van der Waals surface area contributed by atoms with Gasteiger partial charge < -0.3 is 10.8 Å². The summed E-state index contributed by atoms with van der Waals surface area (Å²) in [6.45, 7) is 1.75. The normalized spacial score (nSPS) is 19.6. The van der Waals surface area contributed by atoms with Crippen LogP contribution in [-0.4, -0.2) is 42.8 Å². The molecule has 0 aromatic heterocycles. The summed E-state index contributed by atoms with van der Waals surface area (Å²) in [6, 6.07) is 4.14. The highest BCUT2D eigenvalue weighted by Crippen LogP contribution is 2.25. The van der Waals surface area contributed by atoms with Gasteiger partial charge in [-0.2, -0.15) is 4.31 Å². The number of carbonyl (C=O) groups is 2. The first-order valence-electron chi connectivity index (χ1n) is 6.37. The number of primary amides is 1. The number of nitrogens with zero attached hydrogens (tertiary/aromatic N) is 1. The molecule has 1 heterocycles. The summed E-state index contributed by atoms with van der Waals surface area (Å²) in [6.07, 6.45) is 0.281. The zero-order chi connectivity index (χ0) is 15.8. The van der Waals surface area contributed by atoms with E-state index in [9.17, 15) is 18.0 Å². The van der Waals surface area contributed by atoms with Crippen LogP contribution >= 0.6 is 0 Å². The Morgan fingerprint density at radius 1 is 1.38 bits per heavy atom. The van der Waals surface area contributed by atoms with Crippen LogP contribution in [0, 0.1) is 12.8 Å². The molecule has 1 amide bonds. The van der Waals surface area contributed by atoms with Crippen LogP contribution in [0.25, 0.3) is 0 Å². The van der Waals surface area contributed by atoms with E-state index in [-0.39, 0.29) is 30.0 Å². The van der Waals surface area contributed by atoms with Crippen molar-refractivity contribution in [3.63, 3.8) is 0 Å². The Hall–Kier alpha value is -1.93. The van der Waals surface area contributed by atoms with Crippen molar-refractivity contribution >= 4 is 21.9 Å². The summed E-state index contributed by atoms with van der Waals surface area (Å²) in [4.78, 5) is 22.2. The van der Waals surface area contributed by atoms with Gasteiger partial charge in [-0.3, -0.25) is 9.59 Å². The minimum atomic E-state index is -3.82. The van der Waals surface area contributed by atoms with E-state index in [1.54, 1.807) is 6.92 Å². The SMILES string of the molecule is Cc1ccc(S(=O)(=O)N2CC[C@H](C(=O)O)C2)cc1C(N)=O. The van der Waals surface area contributed by atoms with Crippen LogP contribution in [-0.2, 0) is 14.8 Å². The van der Waals surface area contributed by atoms with Crippen molar-refractivity contribution in [3.05, 3.63) is 29.3 Å². The van der Waals surface area contributed by atoms with Crippen LogP contribution in [0.3, 0.4) is 0 Å². The van der Waals surface area contributed by atoms with Crippen molar-refractivity contribution in [3.8, 4) is 0 Å². The van der Waals surface area contributed by atoms with Crippen LogP contribution in [0.2, 0.25) is 0 Å². The highest BCUT2D eigenvalue weighted by molar-refractivity contribution is 7.89. The van der Waals surface area contributed by atoms with Crippen LogP contribution < -0.4 is 5.73 Å². The number of carbonyl (C=O) groups excluding carboxylic acids is 1. The summed E-state index contributed by atoms with van der Waals surface area (Å²) in [5.41, 5.74) is 5.95. The minimum absolute atomic E-state index is 0.0482. The molecule has 3 N–H and O–H groups in total. The molecule has 0 unspecified atom stereocenters. The fourth-order valence-electron chi connectivity index (χ4n) is 2.32. The van der Waals surface area contributed by atoms with E-state index in [4.69, 9.17) is 10.8 Å². The summed E-state index contributed by atoms with van der Waals surface area (Å²) >= 11 is 0. The number of nitrogens with two attached hydrogens (primary N) is 1. The molecular weight excluding hydrogens is 296 g/mol. The highest BCUT2D eigenvalue weighted by atomic mass is 32.2. The molecule has 21 heavy (non-hydrogen) atoms. The number of hydrogen-bond donors (Lipinski definition) is 2. The third kappa shape index (κ3) is 2.91. The molecule has 1 aliphatic heterocycles. The molecule has 114 valence electrons. The molecule has 1 aromatic rings. The van der Waals surface area contributed by atoms with E-state index in [1.807, 2.05) is 0 Å². The van der Waals surface area contributed by atoms with Gasteiger partial charge in [0, 0.05) is 18.7 Å². The molecule has 1 saturated heterocycles. The molecule has 7 nitrogen and oxygen atoms in total. The molecule has 0 aliphatic carbocycles. The molecular formula is C13H16N2O5S. The van der Waals surface area contributed by atoms with Crippen LogP contribution in [0.4, 0.5) is 0 Å². The van der Waals surface area contributed by atoms with Crippen molar-refractivity contribution < 1.29 is 23.1 Å². The Kier molecular flexibility index (Phi) is 4.02. The summed E-state index contributed by atoms with van der Waals surface area (Å²) < 4.78 is 26.1. The Morgan fingerprint density at radius 2 is 2.05 bits per heavy atom. The maximum atomic E-state index is 12.5. The second-order valence-electron chi connectivity index (χ2n) is 5.03. The van der Waals surface area contributed by atoms with Gasteiger partial charge in [-0.25, -0.2) is 8.42 Å². The van der Waals surface area contributed by atoms with Crippen molar-refractivity contribution in [2.75, 3.05) is 13.1 Å². The predicted molar refractivity (Wildman–Crippen MR) is 74.2 cm³/mol. The van der Waals surface area contributed by atoms with E-state index >= 15 is 0 Å². The second kappa shape index (κ2) is 5.45.